The predicted molar refractivity (Wildman–Crippen MR) is 160 cm³/mol. The molecule has 2 unspecified atom stereocenters. The first kappa shape index (κ1) is 27.5. The Balaban J connectivity index is 1.11. The van der Waals surface area contributed by atoms with Gasteiger partial charge in [0, 0.05) is 35.4 Å². The Hall–Kier alpha value is -5.31. The van der Waals surface area contributed by atoms with Crippen molar-refractivity contribution < 1.29 is 18.8 Å². The fraction of sp³-hybridized carbons (Fsp3) is 0.241. The molecule has 13 nitrogen and oxygen atoms in total. The number of amides is 3. The number of nitrogens with two attached hydrogens (primary N) is 1. The van der Waals surface area contributed by atoms with Crippen LogP contribution in [0.1, 0.15) is 28.4 Å². The van der Waals surface area contributed by atoms with E-state index >= 15 is 0 Å². The average molecular weight is 613 g/mol. The van der Waals surface area contributed by atoms with Crippen LogP contribution in [-0.2, 0) is 22.6 Å². The van der Waals surface area contributed by atoms with E-state index in [2.05, 4.69) is 30.6 Å². The van der Waals surface area contributed by atoms with E-state index in [1.54, 1.807) is 36.7 Å². The van der Waals surface area contributed by atoms with Crippen LogP contribution in [-0.4, -0.2) is 75.9 Å². The quantitative estimate of drug-likeness (QED) is 0.283. The van der Waals surface area contributed by atoms with Gasteiger partial charge < -0.3 is 20.5 Å². The van der Waals surface area contributed by atoms with Crippen LogP contribution >= 0.6 is 11.3 Å². The summed E-state index contributed by atoms with van der Waals surface area (Å²) in [5, 5.41) is 17.3. The third-order valence-electron chi connectivity index (χ3n) is 7.75. The Morgan fingerprint density at radius 2 is 2.02 bits per heavy atom. The number of hydrogen-bond acceptors (Lipinski definition) is 9. The first-order valence-corrected chi connectivity index (χ1v) is 14.7. The maximum Gasteiger partial charge on any atom is 0.269 e. The lowest BCUT2D eigenvalue weighted by Gasteiger charge is -2.23. The Morgan fingerprint density at radius 1 is 1.16 bits per heavy atom. The molecule has 6 heterocycles. The van der Waals surface area contributed by atoms with Gasteiger partial charge in [0.25, 0.3) is 5.91 Å². The van der Waals surface area contributed by atoms with Crippen LogP contribution in [0.15, 0.2) is 48.1 Å². The number of aromatic nitrogens is 7. The lowest BCUT2D eigenvalue weighted by atomic mass is 10.0. The van der Waals surface area contributed by atoms with E-state index in [0.717, 1.165) is 34.8 Å². The molecule has 0 bridgehead atoms. The van der Waals surface area contributed by atoms with E-state index < -0.39 is 29.9 Å². The molecule has 1 fully saturated rings. The molecule has 15 heteroatoms. The molecule has 0 saturated carbocycles. The standard InChI is InChI=1S/C29H25FN10O3S/c1-15-26(38-8-2-3-23(38)34-15)20-14-44-29(35-20)36-28(43)22-10-18(30)12-39(22)24(41)13-40-21-5-4-16(17-6-7-32-33-11-17)9-19(21)25(37-40)27(31)42/h2,4-9,11,14,18,22H,3,10,12-13H2,1H3,(H2,31,42)(H,35,36,43). The van der Waals surface area contributed by atoms with Crippen molar-refractivity contribution in [2.24, 2.45) is 5.73 Å². The van der Waals surface area contributed by atoms with Gasteiger partial charge in [-0.1, -0.05) is 12.1 Å². The number of benzene rings is 1. The second-order valence-electron chi connectivity index (χ2n) is 10.6. The van der Waals surface area contributed by atoms with Crippen LogP contribution in [0.4, 0.5) is 9.52 Å². The molecule has 4 aromatic heterocycles. The van der Waals surface area contributed by atoms with E-state index in [-0.39, 0.29) is 25.2 Å². The number of primary amides is 1. The minimum Gasteiger partial charge on any atom is -0.364 e. The van der Waals surface area contributed by atoms with E-state index in [4.69, 9.17) is 5.73 Å². The highest BCUT2D eigenvalue weighted by atomic mass is 32.1. The maximum atomic E-state index is 14.7. The first-order valence-electron chi connectivity index (χ1n) is 13.8. The van der Waals surface area contributed by atoms with Crippen molar-refractivity contribution in [1.82, 2.24) is 39.4 Å². The molecule has 0 spiro atoms. The van der Waals surface area contributed by atoms with E-state index in [1.165, 1.54) is 20.9 Å². The van der Waals surface area contributed by atoms with Gasteiger partial charge in [-0.15, -0.1) is 11.3 Å². The number of carbonyl (C=O) groups is 3. The number of carbonyl (C=O) groups excluding carboxylic acids is 3. The van der Waals surface area contributed by atoms with E-state index in [9.17, 15) is 18.8 Å². The molecule has 3 N–H and O–H groups in total. The Morgan fingerprint density at radius 3 is 2.82 bits per heavy atom. The molecular formula is C29H25FN10O3S. The molecule has 44 heavy (non-hydrogen) atoms. The molecule has 0 radical (unpaired) electrons. The van der Waals surface area contributed by atoms with E-state index in [0.29, 0.717) is 21.7 Å². The SMILES string of the molecule is Cc1nc2n(c1-c1csc(NC(=O)C3CC(F)CN3C(=O)Cn3nc(C(N)=O)c4cc(-c5ccnnc5)ccc43)n1)C=CC2. The molecule has 3 amide bonds. The molecule has 2 aliphatic heterocycles. The zero-order chi connectivity index (χ0) is 30.5. The number of nitrogens with one attached hydrogen (secondary N) is 1. The largest absolute Gasteiger partial charge is 0.364 e. The lowest BCUT2D eigenvalue weighted by molar-refractivity contribution is -0.137. The fourth-order valence-electron chi connectivity index (χ4n) is 5.76. The Bertz CT molecular complexity index is 1980. The summed E-state index contributed by atoms with van der Waals surface area (Å²) in [7, 11) is 0. The molecule has 0 aliphatic carbocycles. The normalized spacial score (nSPS) is 17.4. The van der Waals surface area contributed by atoms with Gasteiger partial charge in [-0.25, -0.2) is 14.4 Å². The van der Waals surface area contributed by atoms with Crippen LogP contribution in [0, 0.1) is 6.92 Å². The van der Waals surface area contributed by atoms with Gasteiger partial charge in [0.15, 0.2) is 10.8 Å². The van der Waals surface area contributed by atoms with Crippen LogP contribution < -0.4 is 11.1 Å². The van der Waals surface area contributed by atoms with Crippen LogP contribution in [0.3, 0.4) is 0 Å². The van der Waals surface area contributed by atoms with Gasteiger partial charge in [0.2, 0.25) is 11.8 Å². The Kier molecular flexibility index (Phi) is 6.73. The smallest absolute Gasteiger partial charge is 0.269 e. The number of fused-ring (bicyclic) bond motifs is 2. The summed E-state index contributed by atoms with van der Waals surface area (Å²) in [6.45, 7) is 1.34. The number of thiazole rings is 1. The number of aryl methyl sites for hydroxylation is 1. The topological polar surface area (TPSA) is 167 Å². The van der Waals surface area contributed by atoms with Gasteiger partial charge in [-0.2, -0.15) is 15.3 Å². The number of hydrogen-bond donors (Lipinski definition) is 2. The second kappa shape index (κ2) is 10.8. The highest BCUT2D eigenvalue weighted by Gasteiger charge is 2.40. The average Bonchev–Trinajstić information content (AvgIpc) is 3.83. The summed E-state index contributed by atoms with van der Waals surface area (Å²) < 4.78 is 18.0. The zero-order valence-corrected chi connectivity index (χ0v) is 24.2. The van der Waals surface area contributed by atoms with Crippen molar-refractivity contribution in [2.45, 2.75) is 38.5 Å². The highest BCUT2D eigenvalue weighted by molar-refractivity contribution is 7.14. The van der Waals surface area contributed by atoms with Crippen LogP contribution in [0.2, 0.25) is 0 Å². The number of nitrogens with zero attached hydrogens (tertiary/aromatic N) is 8. The zero-order valence-electron chi connectivity index (χ0n) is 23.3. The highest BCUT2D eigenvalue weighted by Crippen LogP contribution is 2.32. The number of imidazole rings is 1. The summed E-state index contributed by atoms with van der Waals surface area (Å²) in [6.07, 6.45) is 6.31. The third kappa shape index (κ3) is 4.80. The van der Waals surface area contributed by atoms with Crippen molar-refractivity contribution in [3.05, 3.63) is 65.3 Å². The molecule has 7 rings (SSSR count). The van der Waals surface area contributed by atoms with Crippen molar-refractivity contribution in [3.63, 3.8) is 0 Å². The second-order valence-corrected chi connectivity index (χ2v) is 11.4. The van der Waals surface area contributed by atoms with Crippen LogP contribution in [0.5, 0.6) is 0 Å². The third-order valence-corrected chi connectivity index (χ3v) is 8.51. The lowest BCUT2D eigenvalue weighted by Crippen LogP contribution is -2.44. The van der Waals surface area contributed by atoms with Crippen molar-refractivity contribution >= 4 is 51.3 Å². The number of anilines is 1. The number of rotatable bonds is 7. The molecule has 222 valence electrons. The first-order chi connectivity index (χ1) is 21.3. The molecule has 5 aromatic rings. The molecule has 1 saturated heterocycles. The number of allylic oxidation sites excluding steroid dienone is 1. The van der Waals surface area contributed by atoms with Crippen molar-refractivity contribution in [3.8, 4) is 22.5 Å². The fourth-order valence-corrected chi connectivity index (χ4v) is 6.46. The summed E-state index contributed by atoms with van der Waals surface area (Å²) in [5.41, 5.74) is 9.95. The van der Waals surface area contributed by atoms with Gasteiger partial charge in [0.05, 0.1) is 35.8 Å². The predicted octanol–water partition coefficient (Wildman–Crippen LogP) is 2.83. The monoisotopic (exact) mass is 612 g/mol. The molecule has 2 atom stereocenters. The summed E-state index contributed by atoms with van der Waals surface area (Å²) in [5.74, 6) is -0.897. The summed E-state index contributed by atoms with van der Waals surface area (Å²) in [6, 6.07) is 5.98. The van der Waals surface area contributed by atoms with Crippen LogP contribution in [0.25, 0.3) is 39.6 Å². The van der Waals surface area contributed by atoms with Gasteiger partial charge in [0.1, 0.15) is 30.3 Å². The van der Waals surface area contributed by atoms with Gasteiger partial charge in [-0.3, -0.25) is 19.1 Å². The number of alkyl halides is 1. The minimum atomic E-state index is -1.38. The van der Waals surface area contributed by atoms with Gasteiger partial charge in [-0.05, 0) is 30.7 Å². The minimum absolute atomic E-state index is 0.00937. The van der Waals surface area contributed by atoms with Gasteiger partial charge >= 0.3 is 0 Å². The molecular weight excluding hydrogens is 587 g/mol. The summed E-state index contributed by atoms with van der Waals surface area (Å²) in [4.78, 5) is 49.4. The molecule has 2 aliphatic rings. The maximum absolute atomic E-state index is 14.7. The number of halogens is 1. The summed E-state index contributed by atoms with van der Waals surface area (Å²) >= 11 is 1.24. The van der Waals surface area contributed by atoms with Crippen molar-refractivity contribution in [1.29, 1.82) is 0 Å². The number of likely N-dealkylation sites (tertiary alicyclic amines) is 1. The molecule has 1 aromatic carbocycles. The van der Waals surface area contributed by atoms with E-state index in [1.807, 2.05) is 29.1 Å². The van der Waals surface area contributed by atoms with Crippen molar-refractivity contribution in [2.75, 3.05) is 11.9 Å². The Labute approximate surface area is 253 Å².